The van der Waals surface area contributed by atoms with Gasteiger partial charge in [0.1, 0.15) is 31.3 Å². The third-order valence-corrected chi connectivity index (χ3v) is 4.91. The highest BCUT2D eigenvalue weighted by molar-refractivity contribution is 6.01. The zero-order valence-corrected chi connectivity index (χ0v) is 18.1. The molecule has 2 amide bonds. The number of ether oxygens (including phenoxy) is 2. The Morgan fingerprint density at radius 3 is 2.83 bits per heavy atom. The summed E-state index contributed by atoms with van der Waals surface area (Å²) in [6.45, 7) is -0.346. The molecular formula is C22H21F3N5O5+. The van der Waals surface area contributed by atoms with Gasteiger partial charge in [-0.2, -0.15) is 18.2 Å². The molecule has 4 N–H and O–H groups in total. The largest absolute Gasteiger partial charge is 0.483 e. The maximum absolute atomic E-state index is 13.1. The first kappa shape index (κ1) is 24.2. The lowest BCUT2D eigenvalue weighted by molar-refractivity contribution is -0.369. The molecule has 0 saturated heterocycles. The number of rotatable bonds is 6. The molecule has 1 aliphatic rings. The summed E-state index contributed by atoms with van der Waals surface area (Å²) in [6, 6.07) is 8.69. The molecule has 0 bridgehead atoms. The van der Waals surface area contributed by atoms with Crippen LogP contribution in [-0.2, 0) is 6.18 Å². The van der Waals surface area contributed by atoms with E-state index in [4.69, 9.17) is 14.6 Å². The van der Waals surface area contributed by atoms with Crippen molar-refractivity contribution in [2.45, 2.75) is 12.3 Å². The van der Waals surface area contributed by atoms with E-state index in [2.05, 4.69) is 20.3 Å². The van der Waals surface area contributed by atoms with E-state index in [0.29, 0.717) is 0 Å². The van der Waals surface area contributed by atoms with Crippen molar-refractivity contribution < 1.29 is 42.6 Å². The van der Waals surface area contributed by atoms with Gasteiger partial charge in [-0.1, -0.05) is 12.1 Å². The Labute approximate surface area is 197 Å². The summed E-state index contributed by atoms with van der Waals surface area (Å²) in [5.41, 5.74) is -0.640. The molecule has 3 aromatic rings. The number of pyridine rings is 1. The van der Waals surface area contributed by atoms with Crippen molar-refractivity contribution in [3.05, 3.63) is 54.2 Å². The van der Waals surface area contributed by atoms with Gasteiger partial charge in [0.2, 0.25) is 11.6 Å². The average Bonchev–Trinajstić information content (AvgIpc) is 2.86. The van der Waals surface area contributed by atoms with Gasteiger partial charge in [0.25, 0.3) is 5.82 Å². The van der Waals surface area contributed by atoms with Crippen LogP contribution in [0.3, 0.4) is 0 Å². The monoisotopic (exact) mass is 492 g/mol. The molecule has 1 unspecified atom stereocenters. The number of aromatic amines is 1. The first-order valence-electron chi connectivity index (χ1n) is 10.4. The van der Waals surface area contributed by atoms with E-state index in [1.807, 2.05) is 0 Å². The fraction of sp³-hybridized carbons (Fsp3) is 0.273. The van der Waals surface area contributed by atoms with Crippen LogP contribution in [0.1, 0.15) is 5.56 Å². The van der Waals surface area contributed by atoms with Gasteiger partial charge in [0.05, 0.1) is 24.3 Å². The number of alkyl halides is 3. The maximum Gasteiger partial charge on any atom is 0.416 e. The third kappa shape index (κ3) is 5.75. The van der Waals surface area contributed by atoms with E-state index in [0.717, 1.165) is 12.1 Å². The van der Waals surface area contributed by atoms with Gasteiger partial charge >= 0.3 is 18.0 Å². The predicted octanol–water partition coefficient (Wildman–Crippen LogP) is 2.14. The number of carbonyl (C=O) groups is 1. The number of aliphatic hydroxyl groups excluding tert-OH is 2. The Bertz CT molecular complexity index is 1210. The average molecular weight is 492 g/mol. The number of aliphatic hydroxyl groups is 2. The lowest BCUT2D eigenvalue weighted by atomic mass is 10.1. The second kappa shape index (κ2) is 10.1. The molecular weight excluding hydrogens is 471 g/mol. The molecule has 0 spiro atoms. The van der Waals surface area contributed by atoms with Crippen LogP contribution in [0.25, 0.3) is 11.4 Å². The quantitative estimate of drug-likeness (QED) is 0.481. The Morgan fingerprint density at radius 2 is 2.06 bits per heavy atom. The zero-order valence-electron chi connectivity index (χ0n) is 18.1. The molecule has 1 aromatic carbocycles. The Hall–Kier alpha value is -3.97. The highest BCUT2D eigenvalue weighted by Crippen LogP contribution is 2.33. The highest BCUT2D eigenvalue weighted by Gasteiger charge is 2.34. The normalized spacial score (nSPS) is 14.0. The number of benzene rings is 1. The summed E-state index contributed by atoms with van der Waals surface area (Å²) in [7, 11) is 0. The molecule has 4 rings (SSSR count). The fourth-order valence-corrected chi connectivity index (χ4v) is 3.21. The van der Waals surface area contributed by atoms with Crippen LogP contribution in [0.5, 0.6) is 11.6 Å². The molecule has 10 nitrogen and oxygen atoms in total. The van der Waals surface area contributed by atoms with Gasteiger partial charge in [-0.15, -0.1) is 0 Å². The van der Waals surface area contributed by atoms with Crippen molar-refractivity contribution in [1.29, 1.82) is 0 Å². The summed E-state index contributed by atoms with van der Waals surface area (Å²) < 4.78 is 50.2. The van der Waals surface area contributed by atoms with Crippen molar-refractivity contribution in [3.63, 3.8) is 0 Å². The Kier molecular flexibility index (Phi) is 6.98. The number of aromatic nitrogens is 3. The first-order chi connectivity index (χ1) is 16.7. The zero-order chi connectivity index (χ0) is 25.0. The van der Waals surface area contributed by atoms with Gasteiger partial charge < -0.3 is 19.7 Å². The van der Waals surface area contributed by atoms with E-state index in [1.165, 1.54) is 35.4 Å². The number of halogens is 3. The summed E-state index contributed by atoms with van der Waals surface area (Å²) >= 11 is 0. The fourth-order valence-electron chi connectivity index (χ4n) is 3.21. The molecule has 0 saturated carbocycles. The van der Waals surface area contributed by atoms with Crippen molar-refractivity contribution in [2.24, 2.45) is 0 Å². The Balaban J connectivity index is 1.55. The standard InChI is InChI=1S/C22H20F3N5O5/c23-22(24,25)14-4-1-3-13(9-14)19-26-10-16-20(29-19)30(7-8-34-16)21(33)28-17-5-2-6-18(27-17)35-12-15(32)11-31/h1-6,9-10,15,31-32H,7-8,11-12H2,(H,27,28,33)/p+1. The number of hydrogen-bond donors (Lipinski definition) is 3. The summed E-state index contributed by atoms with van der Waals surface area (Å²) in [5, 5.41) is 20.9. The molecule has 0 fully saturated rings. The Morgan fingerprint density at radius 1 is 1.26 bits per heavy atom. The topological polar surface area (TPSA) is 131 Å². The highest BCUT2D eigenvalue weighted by atomic mass is 19.4. The second-order valence-electron chi connectivity index (χ2n) is 7.45. The number of hydrogen-bond acceptors (Lipinski definition) is 7. The number of nitrogens with zero attached hydrogens (tertiary/aromatic N) is 3. The van der Waals surface area contributed by atoms with Crippen LogP contribution < -0.4 is 24.7 Å². The minimum absolute atomic E-state index is 0.120. The van der Waals surface area contributed by atoms with Crippen LogP contribution in [0, 0.1) is 0 Å². The molecule has 0 radical (unpaired) electrons. The van der Waals surface area contributed by atoms with Crippen LogP contribution in [0.15, 0.2) is 48.7 Å². The van der Waals surface area contributed by atoms with Gasteiger partial charge in [0, 0.05) is 6.07 Å². The molecule has 0 aliphatic carbocycles. The van der Waals surface area contributed by atoms with Gasteiger partial charge in [-0.3, -0.25) is 10.2 Å². The number of nitrogens with one attached hydrogen (secondary N) is 2. The van der Waals surface area contributed by atoms with Crippen LogP contribution in [0.4, 0.5) is 29.6 Å². The lowest BCUT2D eigenvalue weighted by Crippen LogP contribution is -2.42. The van der Waals surface area contributed by atoms with Gasteiger partial charge in [0.15, 0.2) is 0 Å². The predicted molar refractivity (Wildman–Crippen MR) is 116 cm³/mol. The molecule has 35 heavy (non-hydrogen) atoms. The number of fused-ring (bicyclic) bond motifs is 1. The van der Waals surface area contributed by atoms with Crippen molar-refractivity contribution in [3.8, 4) is 23.0 Å². The molecule has 13 heteroatoms. The van der Waals surface area contributed by atoms with Crippen LogP contribution in [-0.4, -0.2) is 58.7 Å². The number of amides is 2. The first-order valence-corrected chi connectivity index (χ1v) is 10.4. The molecule has 3 heterocycles. The molecule has 1 aliphatic heterocycles. The number of anilines is 2. The number of carbonyl (C=O) groups excluding carboxylic acids is 1. The maximum atomic E-state index is 13.1. The summed E-state index contributed by atoms with van der Waals surface area (Å²) in [4.78, 5) is 25.6. The van der Waals surface area contributed by atoms with Crippen molar-refractivity contribution in [1.82, 2.24) is 9.97 Å². The van der Waals surface area contributed by atoms with E-state index in [-0.39, 0.29) is 54.4 Å². The third-order valence-electron chi connectivity index (χ3n) is 4.91. The van der Waals surface area contributed by atoms with E-state index >= 15 is 0 Å². The minimum atomic E-state index is -4.51. The summed E-state index contributed by atoms with van der Waals surface area (Å²) in [6.07, 6.45) is -4.16. The summed E-state index contributed by atoms with van der Waals surface area (Å²) in [5.74, 6) is 0.773. The molecule has 1 atom stereocenters. The lowest BCUT2D eigenvalue weighted by Gasteiger charge is -2.25. The van der Waals surface area contributed by atoms with E-state index in [9.17, 15) is 23.1 Å². The number of urea groups is 1. The van der Waals surface area contributed by atoms with E-state index < -0.39 is 30.5 Å². The second-order valence-corrected chi connectivity index (χ2v) is 7.45. The number of H-pyrrole nitrogens is 1. The molecule has 2 aromatic heterocycles. The van der Waals surface area contributed by atoms with Crippen LogP contribution in [0.2, 0.25) is 0 Å². The smallest absolute Gasteiger partial charge is 0.416 e. The molecule has 184 valence electrons. The SMILES string of the molecule is O=C(Nc1cccc(OCC(O)CO)n1)N1CCOc2c[nH+]c(-c3cccc(C(F)(F)F)c3)nc21. The van der Waals surface area contributed by atoms with Crippen molar-refractivity contribution in [2.75, 3.05) is 36.6 Å². The van der Waals surface area contributed by atoms with Crippen LogP contribution >= 0.6 is 0 Å². The van der Waals surface area contributed by atoms with Gasteiger partial charge in [-0.05, 0) is 29.2 Å². The van der Waals surface area contributed by atoms with Crippen molar-refractivity contribution >= 4 is 17.7 Å². The minimum Gasteiger partial charge on any atom is -0.483 e. The van der Waals surface area contributed by atoms with Gasteiger partial charge in [-0.25, -0.2) is 9.78 Å². The van der Waals surface area contributed by atoms with E-state index in [1.54, 1.807) is 6.07 Å².